The molecule has 25 heavy (non-hydrogen) atoms. The largest absolute Gasteiger partial charge is 0.508 e. The second kappa shape index (κ2) is 7.54. The van der Waals surface area contributed by atoms with Crippen molar-refractivity contribution in [1.82, 2.24) is 20.2 Å². The number of aromatic hydroxyl groups is 1. The number of amides is 1. The van der Waals surface area contributed by atoms with Crippen LogP contribution in [0.4, 0.5) is 5.69 Å². The van der Waals surface area contributed by atoms with Gasteiger partial charge in [0.15, 0.2) is 0 Å². The van der Waals surface area contributed by atoms with Gasteiger partial charge in [0.2, 0.25) is 11.1 Å². The van der Waals surface area contributed by atoms with E-state index >= 15 is 0 Å². The maximum Gasteiger partial charge on any atom is 0.234 e. The van der Waals surface area contributed by atoms with Gasteiger partial charge in [0.25, 0.3) is 0 Å². The van der Waals surface area contributed by atoms with Gasteiger partial charge in [-0.25, -0.2) is 0 Å². The first kappa shape index (κ1) is 17.2. The first-order chi connectivity index (χ1) is 12.0. The summed E-state index contributed by atoms with van der Waals surface area (Å²) in [6, 6.07) is 11.8. The zero-order valence-electron chi connectivity index (χ0n) is 13.2. The van der Waals surface area contributed by atoms with Gasteiger partial charge in [-0.2, -0.15) is 4.68 Å². The first-order valence-electron chi connectivity index (χ1n) is 7.29. The van der Waals surface area contributed by atoms with Crippen LogP contribution in [0.25, 0.3) is 5.69 Å². The minimum Gasteiger partial charge on any atom is -0.508 e. The van der Waals surface area contributed by atoms with E-state index in [0.717, 1.165) is 5.56 Å². The molecule has 3 aromatic rings. The molecule has 0 aliphatic carbocycles. The number of phenolic OH excluding ortho intramolecular Hbond substituents is 1. The van der Waals surface area contributed by atoms with Gasteiger partial charge in [-0.3, -0.25) is 4.79 Å². The molecule has 0 saturated heterocycles. The van der Waals surface area contributed by atoms with Crippen LogP contribution in [0.1, 0.15) is 5.56 Å². The highest BCUT2D eigenvalue weighted by molar-refractivity contribution is 7.99. The van der Waals surface area contributed by atoms with Crippen LogP contribution in [-0.2, 0) is 4.79 Å². The number of halogens is 1. The zero-order chi connectivity index (χ0) is 17.8. The number of tetrazole rings is 1. The lowest BCUT2D eigenvalue weighted by Crippen LogP contribution is -2.15. The Labute approximate surface area is 153 Å². The van der Waals surface area contributed by atoms with Crippen molar-refractivity contribution in [2.75, 3.05) is 11.1 Å². The SMILES string of the molecule is Cc1ccc(Cl)cc1NC(=O)CSc1nnnn1-c1ccc(O)cc1. The third kappa shape index (κ3) is 4.28. The quantitative estimate of drug-likeness (QED) is 0.666. The van der Waals surface area contributed by atoms with E-state index < -0.39 is 0 Å². The van der Waals surface area contributed by atoms with Gasteiger partial charge >= 0.3 is 0 Å². The molecule has 0 saturated carbocycles. The highest BCUT2D eigenvalue weighted by atomic mass is 35.5. The minimum absolute atomic E-state index is 0.143. The molecule has 3 rings (SSSR count). The van der Waals surface area contributed by atoms with Crippen LogP contribution in [0.15, 0.2) is 47.6 Å². The third-order valence-electron chi connectivity index (χ3n) is 3.34. The Hall–Kier alpha value is -2.58. The standard InChI is InChI=1S/C16H14ClN5O2S/c1-10-2-3-11(17)8-14(10)18-15(24)9-25-16-19-20-21-22(16)12-4-6-13(23)7-5-12/h2-8,23H,9H2,1H3,(H,18,24). The Kier molecular flexibility index (Phi) is 5.20. The molecule has 0 atom stereocenters. The number of aryl methyl sites for hydroxylation is 1. The van der Waals surface area contributed by atoms with Crippen molar-refractivity contribution in [3.05, 3.63) is 53.1 Å². The predicted molar refractivity (Wildman–Crippen MR) is 96.4 cm³/mol. The Balaban J connectivity index is 1.66. The predicted octanol–water partition coefficient (Wildman–Crippen LogP) is 3.06. The summed E-state index contributed by atoms with van der Waals surface area (Å²) in [5, 5.41) is 24.7. The number of rotatable bonds is 5. The second-order valence-corrected chi connectivity index (χ2v) is 6.56. The number of carbonyl (C=O) groups excluding carboxylic acids is 1. The number of thioether (sulfide) groups is 1. The number of phenols is 1. The Morgan fingerprint density at radius 2 is 2.04 bits per heavy atom. The van der Waals surface area contributed by atoms with Crippen LogP contribution < -0.4 is 5.32 Å². The Morgan fingerprint density at radius 3 is 2.80 bits per heavy atom. The van der Waals surface area contributed by atoms with Crippen molar-refractivity contribution < 1.29 is 9.90 Å². The maximum atomic E-state index is 12.2. The number of hydrogen-bond donors (Lipinski definition) is 2. The number of aromatic nitrogens is 4. The number of hydrogen-bond acceptors (Lipinski definition) is 6. The van der Waals surface area contributed by atoms with Gasteiger partial charge in [0.05, 0.1) is 11.4 Å². The number of nitrogens with zero attached hydrogens (tertiary/aromatic N) is 4. The summed E-state index contributed by atoms with van der Waals surface area (Å²) < 4.78 is 1.50. The van der Waals surface area contributed by atoms with Crippen LogP contribution in [0.5, 0.6) is 5.75 Å². The molecule has 2 aromatic carbocycles. The van der Waals surface area contributed by atoms with E-state index in [4.69, 9.17) is 11.6 Å². The fourth-order valence-electron chi connectivity index (χ4n) is 2.07. The van der Waals surface area contributed by atoms with Crippen molar-refractivity contribution in [1.29, 1.82) is 0 Å². The lowest BCUT2D eigenvalue weighted by Gasteiger charge is -2.08. The topological polar surface area (TPSA) is 92.9 Å². The smallest absolute Gasteiger partial charge is 0.234 e. The van der Waals surface area contributed by atoms with Crippen LogP contribution in [0.2, 0.25) is 5.02 Å². The third-order valence-corrected chi connectivity index (χ3v) is 4.50. The molecular weight excluding hydrogens is 362 g/mol. The molecule has 0 aliphatic heterocycles. The number of carbonyl (C=O) groups is 1. The van der Waals surface area contributed by atoms with Crippen LogP contribution >= 0.6 is 23.4 Å². The Bertz CT molecular complexity index is 898. The van der Waals surface area contributed by atoms with Gasteiger partial charge in [-0.05, 0) is 59.3 Å². The number of anilines is 1. The summed E-state index contributed by atoms with van der Waals surface area (Å²) in [5.41, 5.74) is 2.30. The van der Waals surface area contributed by atoms with Crippen molar-refractivity contribution in [3.8, 4) is 11.4 Å². The first-order valence-corrected chi connectivity index (χ1v) is 8.66. The van der Waals surface area contributed by atoms with Crippen molar-refractivity contribution in [2.24, 2.45) is 0 Å². The number of nitrogens with one attached hydrogen (secondary N) is 1. The van der Waals surface area contributed by atoms with Gasteiger partial charge in [-0.15, -0.1) is 5.10 Å². The summed E-state index contributed by atoms with van der Waals surface area (Å²) in [6.07, 6.45) is 0. The average Bonchev–Trinajstić information content (AvgIpc) is 3.05. The molecular formula is C16H14ClN5O2S. The fraction of sp³-hybridized carbons (Fsp3) is 0.125. The van der Waals surface area contributed by atoms with E-state index in [2.05, 4.69) is 20.8 Å². The molecule has 9 heteroatoms. The molecule has 0 unspecified atom stereocenters. The molecule has 1 aromatic heterocycles. The van der Waals surface area contributed by atoms with Gasteiger partial charge in [-0.1, -0.05) is 29.4 Å². The molecule has 1 amide bonds. The van der Waals surface area contributed by atoms with E-state index in [0.29, 0.717) is 21.6 Å². The molecule has 0 fully saturated rings. The molecule has 0 bridgehead atoms. The van der Waals surface area contributed by atoms with E-state index in [1.165, 1.54) is 16.4 Å². The van der Waals surface area contributed by atoms with Crippen LogP contribution in [-0.4, -0.2) is 37.0 Å². The molecule has 7 nitrogen and oxygen atoms in total. The molecule has 0 aliphatic rings. The number of benzene rings is 2. The normalized spacial score (nSPS) is 10.6. The van der Waals surface area contributed by atoms with Crippen molar-refractivity contribution >= 4 is 35.0 Å². The summed E-state index contributed by atoms with van der Waals surface area (Å²) in [4.78, 5) is 12.2. The second-order valence-electron chi connectivity index (χ2n) is 5.19. The fourth-order valence-corrected chi connectivity index (χ4v) is 2.93. The van der Waals surface area contributed by atoms with E-state index in [-0.39, 0.29) is 17.4 Å². The highest BCUT2D eigenvalue weighted by Crippen LogP contribution is 2.22. The zero-order valence-corrected chi connectivity index (χ0v) is 14.8. The minimum atomic E-state index is -0.185. The molecule has 128 valence electrons. The van der Waals surface area contributed by atoms with E-state index in [9.17, 15) is 9.90 Å². The lowest BCUT2D eigenvalue weighted by molar-refractivity contribution is -0.113. The lowest BCUT2D eigenvalue weighted by atomic mass is 10.2. The summed E-state index contributed by atoms with van der Waals surface area (Å²) in [6.45, 7) is 1.89. The molecule has 1 heterocycles. The average molecular weight is 376 g/mol. The Morgan fingerprint density at radius 1 is 1.28 bits per heavy atom. The molecule has 0 radical (unpaired) electrons. The van der Waals surface area contributed by atoms with Crippen LogP contribution in [0, 0.1) is 6.92 Å². The van der Waals surface area contributed by atoms with Gasteiger partial charge < -0.3 is 10.4 Å². The monoisotopic (exact) mass is 375 g/mol. The highest BCUT2D eigenvalue weighted by Gasteiger charge is 2.12. The molecule has 2 N–H and O–H groups in total. The van der Waals surface area contributed by atoms with E-state index in [1.54, 1.807) is 36.4 Å². The maximum absolute atomic E-state index is 12.2. The van der Waals surface area contributed by atoms with Crippen molar-refractivity contribution in [3.63, 3.8) is 0 Å². The van der Waals surface area contributed by atoms with Gasteiger partial charge in [0, 0.05) is 10.7 Å². The van der Waals surface area contributed by atoms with Crippen molar-refractivity contribution in [2.45, 2.75) is 12.1 Å². The van der Waals surface area contributed by atoms with Crippen LogP contribution in [0.3, 0.4) is 0 Å². The summed E-state index contributed by atoms with van der Waals surface area (Å²) >= 11 is 7.16. The van der Waals surface area contributed by atoms with Gasteiger partial charge in [0.1, 0.15) is 5.75 Å². The molecule has 0 spiro atoms. The summed E-state index contributed by atoms with van der Waals surface area (Å²) in [5.74, 6) is 0.114. The van der Waals surface area contributed by atoms with E-state index in [1.807, 2.05) is 13.0 Å². The summed E-state index contributed by atoms with van der Waals surface area (Å²) in [7, 11) is 0.